The fourth-order valence-electron chi connectivity index (χ4n) is 3.51. The molecule has 148 valence electrons. The SMILES string of the molecule is CS(=O)(=O)c1ccc(-c2ccc3[nH]c(=O)c4[nH]cc(CCC(=O)O)c4c3c2)cc1. The Balaban J connectivity index is 1.89. The summed E-state index contributed by atoms with van der Waals surface area (Å²) < 4.78 is 23.3. The predicted molar refractivity (Wildman–Crippen MR) is 111 cm³/mol. The van der Waals surface area contributed by atoms with E-state index in [1.54, 1.807) is 36.5 Å². The van der Waals surface area contributed by atoms with Gasteiger partial charge in [0.05, 0.1) is 4.90 Å². The third-order valence-corrected chi connectivity index (χ3v) is 6.08. The Morgan fingerprint density at radius 3 is 2.41 bits per heavy atom. The van der Waals surface area contributed by atoms with Crippen LogP contribution in [0.15, 0.2) is 58.4 Å². The van der Waals surface area contributed by atoms with Crippen molar-refractivity contribution in [1.82, 2.24) is 9.97 Å². The van der Waals surface area contributed by atoms with E-state index in [0.29, 0.717) is 22.8 Å². The molecule has 0 aliphatic carbocycles. The Bertz CT molecular complexity index is 1410. The fraction of sp³-hybridized carbons (Fsp3) is 0.143. The maximum atomic E-state index is 12.4. The fourth-order valence-corrected chi connectivity index (χ4v) is 4.14. The molecule has 0 saturated carbocycles. The van der Waals surface area contributed by atoms with Gasteiger partial charge < -0.3 is 15.1 Å². The molecule has 7 nitrogen and oxygen atoms in total. The lowest BCUT2D eigenvalue weighted by Crippen LogP contribution is -2.06. The maximum Gasteiger partial charge on any atom is 0.303 e. The van der Waals surface area contributed by atoms with Crippen molar-refractivity contribution in [3.05, 3.63) is 64.6 Å². The molecule has 0 fully saturated rings. The second-order valence-corrected chi connectivity index (χ2v) is 8.98. The van der Waals surface area contributed by atoms with E-state index >= 15 is 0 Å². The molecule has 2 aromatic heterocycles. The van der Waals surface area contributed by atoms with E-state index in [4.69, 9.17) is 5.11 Å². The number of aliphatic carboxylic acids is 1. The van der Waals surface area contributed by atoms with E-state index in [2.05, 4.69) is 9.97 Å². The minimum atomic E-state index is -3.27. The quantitative estimate of drug-likeness (QED) is 0.467. The molecule has 29 heavy (non-hydrogen) atoms. The number of nitrogens with one attached hydrogen (secondary N) is 2. The number of aromatic nitrogens is 2. The van der Waals surface area contributed by atoms with Gasteiger partial charge in [-0.2, -0.15) is 0 Å². The number of fused-ring (bicyclic) bond motifs is 3. The molecule has 4 aromatic rings. The molecule has 8 heteroatoms. The van der Waals surface area contributed by atoms with Crippen LogP contribution in [0.4, 0.5) is 0 Å². The van der Waals surface area contributed by atoms with Gasteiger partial charge in [0.25, 0.3) is 5.56 Å². The van der Waals surface area contributed by atoms with E-state index in [1.807, 2.05) is 12.1 Å². The van der Waals surface area contributed by atoms with Gasteiger partial charge in [0.15, 0.2) is 9.84 Å². The van der Waals surface area contributed by atoms with Crippen molar-refractivity contribution >= 4 is 37.6 Å². The zero-order valence-corrected chi connectivity index (χ0v) is 16.3. The number of H-pyrrole nitrogens is 2. The summed E-state index contributed by atoms with van der Waals surface area (Å²) in [5.41, 5.74) is 3.25. The smallest absolute Gasteiger partial charge is 0.303 e. The van der Waals surface area contributed by atoms with Crippen LogP contribution in [0.3, 0.4) is 0 Å². The lowest BCUT2D eigenvalue weighted by atomic mass is 9.99. The standard InChI is InChI=1S/C21H18N2O5S/c1-29(27,28)15-6-2-12(3-7-15)13-4-8-17-16(10-13)19-14(5-9-18(24)25)11-22-20(19)21(26)23-17/h2-4,6-8,10-11,22H,5,9H2,1H3,(H,23,26)(H,24,25). The van der Waals surface area contributed by atoms with E-state index in [9.17, 15) is 18.0 Å². The second-order valence-electron chi connectivity index (χ2n) is 6.97. The van der Waals surface area contributed by atoms with E-state index < -0.39 is 15.8 Å². The highest BCUT2D eigenvalue weighted by atomic mass is 32.2. The van der Waals surface area contributed by atoms with Crippen LogP contribution in [0, 0.1) is 0 Å². The van der Waals surface area contributed by atoms with E-state index in [-0.39, 0.29) is 16.9 Å². The lowest BCUT2D eigenvalue weighted by Gasteiger charge is -2.08. The van der Waals surface area contributed by atoms with Gasteiger partial charge in [-0.25, -0.2) is 8.42 Å². The molecule has 0 amide bonds. The minimum Gasteiger partial charge on any atom is -0.481 e. The molecule has 0 unspecified atom stereocenters. The van der Waals surface area contributed by atoms with Crippen LogP contribution < -0.4 is 5.56 Å². The molecule has 3 N–H and O–H groups in total. The molecule has 0 radical (unpaired) electrons. The van der Waals surface area contributed by atoms with Crippen molar-refractivity contribution in [3.63, 3.8) is 0 Å². The summed E-state index contributed by atoms with van der Waals surface area (Å²) >= 11 is 0. The summed E-state index contributed by atoms with van der Waals surface area (Å²) in [6.07, 6.45) is 3.11. The van der Waals surface area contributed by atoms with Crippen LogP contribution in [0.1, 0.15) is 12.0 Å². The van der Waals surface area contributed by atoms with Gasteiger partial charge in [-0.15, -0.1) is 0 Å². The molecule has 0 atom stereocenters. The van der Waals surface area contributed by atoms with Gasteiger partial charge in [-0.3, -0.25) is 9.59 Å². The molecule has 4 rings (SSSR count). The Labute approximate surface area is 165 Å². The van der Waals surface area contributed by atoms with Crippen LogP contribution in [0.25, 0.3) is 32.9 Å². The zero-order valence-electron chi connectivity index (χ0n) is 15.5. The molecule has 2 heterocycles. The Morgan fingerprint density at radius 1 is 1.07 bits per heavy atom. The molecule has 2 aromatic carbocycles. The number of aromatic amines is 2. The molecule has 0 bridgehead atoms. The van der Waals surface area contributed by atoms with Gasteiger partial charge in [0.1, 0.15) is 5.52 Å². The summed E-state index contributed by atoms with van der Waals surface area (Å²) in [7, 11) is -3.27. The first-order valence-electron chi connectivity index (χ1n) is 8.92. The number of benzene rings is 2. The van der Waals surface area contributed by atoms with Crippen molar-refractivity contribution < 1.29 is 18.3 Å². The molecule has 0 spiro atoms. The Morgan fingerprint density at radius 2 is 1.76 bits per heavy atom. The van der Waals surface area contributed by atoms with Crippen LogP contribution in [0.2, 0.25) is 0 Å². The number of hydrogen-bond donors (Lipinski definition) is 3. The van der Waals surface area contributed by atoms with E-state index in [0.717, 1.165) is 28.3 Å². The monoisotopic (exact) mass is 410 g/mol. The highest BCUT2D eigenvalue weighted by Crippen LogP contribution is 2.30. The molecular formula is C21H18N2O5S. The number of aryl methyl sites for hydroxylation is 1. The number of hydrogen-bond acceptors (Lipinski definition) is 4. The highest BCUT2D eigenvalue weighted by Gasteiger charge is 2.14. The van der Waals surface area contributed by atoms with Gasteiger partial charge in [-0.05, 0) is 47.4 Å². The molecule has 0 aliphatic heterocycles. The first kappa shape index (κ1) is 18.9. The number of carbonyl (C=O) groups is 1. The summed E-state index contributed by atoms with van der Waals surface area (Å²) in [5, 5.41) is 10.5. The normalized spacial score (nSPS) is 11.9. The van der Waals surface area contributed by atoms with Crippen molar-refractivity contribution in [2.24, 2.45) is 0 Å². The summed E-state index contributed by atoms with van der Waals surface area (Å²) in [6.45, 7) is 0. The van der Waals surface area contributed by atoms with Gasteiger partial charge in [0.2, 0.25) is 0 Å². The number of pyridine rings is 1. The van der Waals surface area contributed by atoms with Crippen LogP contribution in [0.5, 0.6) is 0 Å². The highest BCUT2D eigenvalue weighted by molar-refractivity contribution is 7.90. The largest absolute Gasteiger partial charge is 0.481 e. The Hall–Kier alpha value is -3.39. The van der Waals surface area contributed by atoms with Crippen LogP contribution in [-0.2, 0) is 21.1 Å². The first-order valence-corrected chi connectivity index (χ1v) is 10.8. The van der Waals surface area contributed by atoms with Crippen LogP contribution in [-0.4, -0.2) is 35.7 Å². The van der Waals surface area contributed by atoms with Gasteiger partial charge in [0, 0.05) is 35.2 Å². The van der Waals surface area contributed by atoms with Crippen molar-refractivity contribution in [3.8, 4) is 11.1 Å². The third kappa shape index (κ3) is 3.54. The topological polar surface area (TPSA) is 120 Å². The van der Waals surface area contributed by atoms with Gasteiger partial charge >= 0.3 is 5.97 Å². The van der Waals surface area contributed by atoms with Crippen molar-refractivity contribution in [1.29, 1.82) is 0 Å². The molecule has 0 saturated heterocycles. The average molecular weight is 410 g/mol. The summed E-state index contributed by atoms with van der Waals surface area (Å²) in [6, 6.07) is 12.2. The number of sulfone groups is 1. The number of carboxylic acids is 1. The molecular weight excluding hydrogens is 392 g/mol. The minimum absolute atomic E-state index is 0.0338. The maximum absolute atomic E-state index is 12.4. The molecule has 0 aliphatic rings. The lowest BCUT2D eigenvalue weighted by molar-refractivity contribution is -0.136. The summed E-state index contributed by atoms with van der Waals surface area (Å²) in [4.78, 5) is 29.4. The number of carboxylic acid groups (broad SMARTS) is 1. The average Bonchev–Trinajstić information content (AvgIpc) is 3.11. The van der Waals surface area contributed by atoms with Gasteiger partial charge in [-0.1, -0.05) is 18.2 Å². The van der Waals surface area contributed by atoms with Crippen molar-refractivity contribution in [2.75, 3.05) is 6.26 Å². The number of rotatable bonds is 5. The summed E-state index contributed by atoms with van der Waals surface area (Å²) in [5.74, 6) is -0.903. The predicted octanol–water partition coefficient (Wildman–Crippen LogP) is 3.10. The van der Waals surface area contributed by atoms with Crippen molar-refractivity contribution in [2.45, 2.75) is 17.7 Å². The Kier molecular flexibility index (Phi) is 4.50. The van der Waals surface area contributed by atoms with E-state index in [1.165, 1.54) is 0 Å². The third-order valence-electron chi connectivity index (χ3n) is 4.95. The zero-order chi connectivity index (χ0) is 20.8. The van der Waals surface area contributed by atoms with Crippen LogP contribution >= 0.6 is 0 Å². The second kappa shape index (κ2) is 6.89. The first-order chi connectivity index (χ1) is 13.7.